The lowest BCUT2D eigenvalue weighted by Gasteiger charge is -2.20. The Hall–Kier alpha value is -3.35. The smallest absolute Gasteiger partial charge is 0.251 e. The minimum Gasteiger partial charge on any atom is -0.345 e. The van der Waals surface area contributed by atoms with Gasteiger partial charge < -0.3 is 10.3 Å². The summed E-state index contributed by atoms with van der Waals surface area (Å²) < 4.78 is 26.8. The van der Waals surface area contributed by atoms with Crippen LogP contribution in [0, 0.1) is 11.6 Å². The number of benzene rings is 2. The average Bonchev–Trinajstić information content (AvgIpc) is 2.67. The van der Waals surface area contributed by atoms with Gasteiger partial charge in [-0.3, -0.25) is 9.59 Å². The molecule has 3 rings (SSSR count). The van der Waals surface area contributed by atoms with Gasteiger partial charge in [0.2, 0.25) is 0 Å². The maximum atomic E-state index is 13.5. The molecule has 1 heterocycles. The summed E-state index contributed by atoms with van der Waals surface area (Å²) in [5.74, 6) is -0.836. The van der Waals surface area contributed by atoms with E-state index < -0.39 is 23.6 Å². The van der Waals surface area contributed by atoms with E-state index in [4.69, 9.17) is 0 Å². The van der Waals surface area contributed by atoms with Crippen molar-refractivity contribution in [1.82, 2.24) is 15.3 Å². The van der Waals surface area contributed by atoms with E-state index in [9.17, 15) is 18.4 Å². The predicted octanol–water partition coefficient (Wildman–Crippen LogP) is 3.89. The summed E-state index contributed by atoms with van der Waals surface area (Å²) in [7, 11) is 0. The van der Waals surface area contributed by atoms with Gasteiger partial charge in [0, 0.05) is 24.0 Å². The third-order valence-electron chi connectivity index (χ3n) is 4.44. The topological polar surface area (TPSA) is 74.8 Å². The SMILES string of the molecule is CC(C)c1nc(CC(NC(=O)c2cccc(F)c2)c2ccc(F)cc2)cc(=O)[nH]1. The summed E-state index contributed by atoms with van der Waals surface area (Å²) in [6.45, 7) is 3.82. The molecule has 5 nitrogen and oxygen atoms in total. The molecule has 0 saturated heterocycles. The van der Waals surface area contributed by atoms with E-state index in [1.54, 1.807) is 12.1 Å². The van der Waals surface area contributed by atoms with Gasteiger partial charge >= 0.3 is 0 Å². The molecule has 2 N–H and O–H groups in total. The molecule has 0 spiro atoms. The second-order valence-electron chi connectivity index (χ2n) is 7.07. The number of carbonyl (C=O) groups is 1. The number of amides is 1. The van der Waals surface area contributed by atoms with Crippen molar-refractivity contribution in [1.29, 1.82) is 0 Å². The number of nitrogens with one attached hydrogen (secondary N) is 2. The van der Waals surface area contributed by atoms with Crippen LogP contribution in [0.15, 0.2) is 59.4 Å². The number of halogens is 2. The Morgan fingerprint density at radius 1 is 1.07 bits per heavy atom. The lowest BCUT2D eigenvalue weighted by atomic mass is 10.0. The number of aromatic nitrogens is 2. The Bertz CT molecular complexity index is 1060. The fraction of sp³-hybridized carbons (Fsp3) is 0.227. The van der Waals surface area contributed by atoms with Crippen LogP contribution in [-0.4, -0.2) is 15.9 Å². The first kappa shape index (κ1) is 20.4. The highest BCUT2D eigenvalue weighted by Gasteiger charge is 2.19. The summed E-state index contributed by atoms with van der Waals surface area (Å²) in [5, 5.41) is 2.83. The predicted molar refractivity (Wildman–Crippen MR) is 106 cm³/mol. The summed E-state index contributed by atoms with van der Waals surface area (Å²) in [6, 6.07) is 11.8. The number of nitrogens with zero attached hydrogens (tertiary/aromatic N) is 1. The molecule has 0 aliphatic heterocycles. The molecule has 3 aromatic rings. The van der Waals surface area contributed by atoms with Crippen molar-refractivity contribution < 1.29 is 13.6 Å². The molecule has 0 aliphatic rings. The summed E-state index contributed by atoms with van der Waals surface area (Å²) in [6.07, 6.45) is 0.219. The zero-order valence-corrected chi connectivity index (χ0v) is 16.1. The fourth-order valence-corrected chi connectivity index (χ4v) is 2.93. The van der Waals surface area contributed by atoms with Gasteiger partial charge in [-0.05, 0) is 35.9 Å². The van der Waals surface area contributed by atoms with Crippen molar-refractivity contribution in [2.45, 2.75) is 32.2 Å². The first-order valence-electron chi connectivity index (χ1n) is 9.24. The molecule has 0 saturated carbocycles. The number of hydrogen-bond donors (Lipinski definition) is 2. The number of rotatable bonds is 6. The molecule has 1 atom stereocenters. The Morgan fingerprint density at radius 2 is 1.79 bits per heavy atom. The molecule has 150 valence electrons. The van der Waals surface area contributed by atoms with Crippen LogP contribution in [0.5, 0.6) is 0 Å². The van der Waals surface area contributed by atoms with Crippen molar-refractivity contribution >= 4 is 5.91 Å². The second-order valence-corrected chi connectivity index (χ2v) is 7.07. The third kappa shape index (κ3) is 5.34. The average molecular weight is 397 g/mol. The molecule has 0 aliphatic carbocycles. The van der Waals surface area contributed by atoms with Gasteiger partial charge in [-0.25, -0.2) is 13.8 Å². The Kier molecular flexibility index (Phi) is 6.16. The largest absolute Gasteiger partial charge is 0.345 e. The summed E-state index contributed by atoms with van der Waals surface area (Å²) in [5.41, 5.74) is 1.02. The minimum absolute atomic E-state index is 0.0220. The summed E-state index contributed by atoms with van der Waals surface area (Å²) in [4.78, 5) is 31.8. The highest BCUT2D eigenvalue weighted by molar-refractivity contribution is 5.94. The van der Waals surface area contributed by atoms with E-state index in [2.05, 4.69) is 15.3 Å². The number of hydrogen-bond acceptors (Lipinski definition) is 3. The van der Waals surface area contributed by atoms with Crippen LogP contribution in [-0.2, 0) is 6.42 Å². The Morgan fingerprint density at radius 3 is 2.45 bits per heavy atom. The molecular formula is C22H21F2N3O2. The van der Waals surface area contributed by atoms with E-state index >= 15 is 0 Å². The Balaban J connectivity index is 1.92. The molecule has 0 fully saturated rings. The number of H-pyrrole nitrogens is 1. The first-order chi connectivity index (χ1) is 13.8. The van der Waals surface area contributed by atoms with Crippen molar-refractivity contribution in [2.24, 2.45) is 0 Å². The zero-order chi connectivity index (χ0) is 21.0. The lowest BCUT2D eigenvalue weighted by molar-refractivity contribution is 0.0936. The van der Waals surface area contributed by atoms with Crippen LogP contribution >= 0.6 is 0 Å². The van der Waals surface area contributed by atoms with Crippen molar-refractivity contribution in [3.63, 3.8) is 0 Å². The highest BCUT2D eigenvalue weighted by atomic mass is 19.1. The minimum atomic E-state index is -0.583. The molecule has 0 bridgehead atoms. The molecular weight excluding hydrogens is 376 g/mol. The van der Waals surface area contributed by atoms with Crippen LogP contribution in [0.1, 0.15) is 53.2 Å². The highest BCUT2D eigenvalue weighted by Crippen LogP contribution is 2.20. The quantitative estimate of drug-likeness (QED) is 0.663. The monoisotopic (exact) mass is 397 g/mol. The van der Waals surface area contributed by atoms with Gasteiger partial charge in [-0.15, -0.1) is 0 Å². The number of carbonyl (C=O) groups excluding carboxylic acids is 1. The number of aromatic amines is 1. The molecule has 1 amide bonds. The van der Waals surface area contributed by atoms with Crippen molar-refractivity contribution in [2.75, 3.05) is 0 Å². The summed E-state index contributed by atoms with van der Waals surface area (Å²) >= 11 is 0. The van der Waals surface area contributed by atoms with Gasteiger partial charge in [0.25, 0.3) is 11.5 Å². The first-order valence-corrected chi connectivity index (χ1v) is 9.24. The van der Waals surface area contributed by atoms with Crippen LogP contribution < -0.4 is 10.9 Å². The van der Waals surface area contributed by atoms with Crippen molar-refractivity contribution in [3.8, 4) is 0 Å². The Labute approximate surface area is 166 Å². The van der Waals surface area contributed by atoms with Gasteiger partial charge in [-0.1, -0.05) is 32.0 Å². The van der Waals surface area contributed by atoms with E-state index in [1.165, 1.54) is 36.4 Å². The normalized spacial score (nSPS) is 12.0. The van der Waals surface area contributed by atoms with Gasteiger partial charge in [0.15, 0.2) is 0 Å². The van der Waals surface area contributed by atoms with E-state index in [0.717, 1.165) is 6.07 Å². The molecule has 1 unspecified atom stereocenters. The molecule has 1 aromatic heterocycles. The van der Waals surface area contributed by atoms with Crippen LogP contribution in [0.4, 0.5) is 8.78 Å². The van der Waals surface area contributed by atoms with Crippen molar-refractivity contribution in [3.05, 3.63) is 99.2 Å². The van der Waals surface area contributed by atoms with Gasteiger partial charge in [0.1, 0.15) is 17.5 Å². The third-order valence-corrected chi connectivity index (χ3v) is 4.44. The van der Waals surface area contributed by atoms with E-state index in [0.29, 0.717) is 17.1 Å². The molecule has 2 aromatic carbocycles. The van der Waals surface area contributed by atoms with Crippen LogP contribution in [0.3, 0.4) is 0 Å². The molecule has 29 heavy (non-hydrogen) atoms. The van der Waals surface area contributed by atoms with Gasteiger partial charge in [-0.2, -0.15) is 0 Å². The lowest BCUT2D eigenvalue weighted by Crippen LogP contribution is -2.30. The van der Waals surface area contributed by atoms with Crippen LogP contribution in [0.2, 0.25) is 0 Å². The molecule has 0 radical (unpaired) electrons. The standard InChI is InChI=1S/C22H21F2N3O2/c1-13(2)21-25-18(12-20(28)27-21)11-19(14-6-8-16(23)9-7-14)26-22(29)15-4-3-5-17(24)10-15/h3-10,12-13,19H,11H2,1-2H3,(H,26,29)(H,25,27,28). The zero-order valence-electron chi connectivity index (χ0n) is 16.1. The van der Waals surface area contributed by atoms with Gasteiger partial charge in [0.05, 0.1) is 11.7 Å². The van der Waals surface area contributed by atoms with E-state index in [-0.39, 0.29) is 23.5 Å². The fourth-order valence-electron chi connectivity index (χ4n) is 2.93. The maximum absolute atomic E-state index is 13.5. The second kappa shape index (κ2) is 8.77. The maximum Gasteiger partial charge on any atom is 0.251 e. The van der Waals surface area contributed by atoms with E-state index in [1.807, 2.05) is 13.8 Å². The molecule has 7 heteroatoms. The van der Waals surface area contributed by atoms with Crippen LogP contribution in [0.25, 0.3) is 0 Å².